The lowest BCUT2D eigenvalue weighted by Gasteiger charge is -2.13. The lowest BCUT2D eigenvalue weighted by atomic mass is 10.2. The Labute approximate surface area is 63.5 Å². The molecule has 0 bridgehead atoms. The lowest BCUT2D eigenvalue weighted by Crippen LogP contribution is -2.35. The van der Waals surface area contributed by atoms with Crippen LogP contribution in [0.2, 0.25) is 0 Å². The summed E-state index contributed by atoms with van der Waals surface area (Å²) in [6.07, 6.45) is 3.08. The van der Waals surface area contributed by atoms with E-state index in [0.717, 1.165) is 0 Å². The van der Waals surface area contributed by atoms with Gasteiger partial charge in [0.05, 0.1) is 5.57 Å². The van der Waals surface area contributed by atoms with E-state index in [-0.39, 0.29) is 0 Å². The van der Waals surface area contributed by atoms with Crippen molar-refractivity contribution in [1.82, 2.24) is 10.7 Å². The van der Waals surface area contributed by atoms with Crippen LogP contribution in [0.4, 0.5) is 0 Å². The molecule has 5 nitrogen and oxygen atoms in total. The van der Waals surface area contributed by atoms with E-state index in [0.29, 0.717) is 17.9 Å². The van der Waals surface area contributed by atoms with Crippen molar-refractivity contribution in [2.24, 2.45) is 5.84 Å². The van der Waals surface area contributed by atoms with Crippen molar-refractivity contribution < 1.29 is 9.90 Å². The highest BCUT2D eigenvalue weighted by Crippen LogP contribution is 2.00. The Morgan fingerprint density at radius 2 is 2.45 bits per heavy atom. The Morgan fingerprint density at radius 3 is 2.82 bits per heavy atom. The van der Waals surface area contributed by atoms with Crippen molar-refractivity contribution in [2.75, 3.05) is 6.54 Å². The molecule has 1 heterocycles. The van der Waals surface area contributed by atoms with Crippen LogP contribution in [0.15, 0.2) is 23.5 Å². The highest BCUT2D eigenvalue weighted by molar-refractivity contribution is 5.87. The number of nitrogens with two attached hydrogens (primary N) is 1. The van der Waals surface area contributed by atoms with E-state index >= 15 is 0 Å². The molecule has 0 aromatic heterocycles. The molecule has 0 unspecified atom stereocenters. The van der Waals surface area contributed by atoms with E-state index in [9.17, 15) is 4.79 Å². The van der Waals surface area contributed by atoms with E-state index in [1.807, 2.05) is 0 Å². The Bertz CT molecular complexity index is 232. The lowest BCUT2D eigenvalue weighted by molar-refractivity contribution is -0.132. The first kappa shape index (κ1) is 7.62. The second-order valence-electron chi connectivity index (χ2n) is 2.08. The van der Waals surface area contributed by atoms with E-state index in [2.05, 4.69) is 10.7 Å². The maximum Gasteiger partial charge on any atom is 0.333 e. The summed E-state index contributed by atoms with van der Waals surface area (Å²) in [5.41, 5.74) is 2.70. The summed E-state index contributed by atoms with van der Waals surface area (Å²) in [5, 5.41) is 11.3. The van der Waals surface area contributed by atoms with Crippen LogP contribution in [-0.2, 0) is 4.79 Å². The minimum atomic E-state index is -0.912. The molecule has 0 radical (unpaired) electrons. The van der Waals surface area contributed by atoms with Crippen LogP contribution in [0, 0.1) is 0 Å². The van der Waals surface area contributed by atoms with E-state index in [1.54, 1.807) is 6.08 Å². The van der Waals surface area contributed by atoms with Crippen molar-refractivity contribution in [3.63, 3.8) is 0 Å². The predicted molar refractivity (Wildman–Crippen MR) is 39.1 cm³/mol. The molecule has 0 saturated heterocycles. The summed E-state index contributed by atoms with van der Waals surface area (Å²) in [5.74, 6) is 4.78. The van der Waals surface area contributed by atoms with E-state index in [1.165, 1.54) is 6.08 Å². The van der Waals surface area contributed by atoms with Crippen LogP contribution in [0.3, 0.4) is 0 Å². The van der Waals surface area contributed by atoms with Crippen LogP contribution < -0.4 is 16.6 Å². The summed E-state index contributed by atoms with van der Waals surface area (Å²) >= 11 is 0. The number of carboxylic acid groups (broad SMARTS) is 1. The molecule has 0 aromatic rings. The highest BCUT2D eigenvalue weighted by Gasteiger charge is 2.09. The molecule has 0 amide bonds. The van der Waals surface area contributed by atoms with Crippen LogP contribution >= 0.6 is 0 Å². The van der Waals surface area contributed by atoms with Gasteiger partial charge in [0.1, 0.15) is 5.82 Å². The molecular weight excluding hydrogens is 146 g/mol. The van der Waals surface area contributed by atoms with Gasteiger partial charge in [0, 0.05) is 6.54 Å². The standard InChI is InChI=1S/C6H9N3O2/c7-9-5-2-1-4(3-8-5)6(10)11/h1-2,8-9H,3,7H2,(H,10,11). The summed E-state index contributed by atoms with van der Waals surface area (Å²) in [7, 11) is 0. The SMILES string of the molecule is NNC1=CC=C(C(=O)O)CN1. The summed E-state index contributed by atoms with van der Waals surface area (Å²) < 4.78 is 0. The number of allylic oxidation sites excluding steroid dienone is 2. The quantitative estimate of drug-likeness (QED) is 0.300. The molecule has 0 aliphatic carbocycles. The molecule has 11 heavy (non-hydrogen) atoms. The van der Waals surface area contributed by atoms with Gasteiger partial charge in [-0.1, -0.05) is 0 Å². The maximum atomic E-state index is 10.4. The second-order valence-corrected chi connectivity index (χ2v) is 2.08. The Morgan fingerprint density at radius 1 is 1.73 bits per heavy atom. The number of rotatable bonds is 2. The normalized spacial score (nSPS) is 16.1. The average molecular weight is 155 g/mol. The third kappa shape index (κ3) is 1.71. The Kier molecular flexibility index (Phi) is 2.12. The van der Waals surface area contributed by atoms with E-state index in [4.69, 9.17) is 10.9 Å². The van der Waals surface area contributed by atoms with Crippen molar-refractivity contribution in [2.45, 2.75) is 0 Å². The maximum absolute atomic E-state index is 10.4. The molecule has 0 fully saturated rings. The van der Waals surface area contributed by atoms with Crippen LogP contribution in [0.5, 0.6) is 0 Å². The molecular formula is C6H9N3O2. The minimum absolute atomic E-state index is 0.297. The zero-order chi connectivity index (χ0) is 8.27. The largest absolute Gasteiger partial charge is 0.478 e. The van der Waals surface area contributed by atoms with Gasteiger partial charge in [0.25, 0.3) is 0 Å². The van der Waals surface area contributed by atoms with Gasteiger partial charge in [-0.05, 0) is 12.2 Å². The molecule has 1 aliphatic heterocycles. The summed E-state index contributed by atoms with van der Waals surface area (Å²) in [6, 6.07) is 0. The Hall–Kier alpha value is -1.49. The fourth-order valence-corrected chi connectivity index (χ4v) is 0.738. The topological polar surface area (TPSA) is 87.4 Å². The van der Waals surface area contributed by atoms with Crippen molar-refractivity contribution in [3.05, 3.63) is 23.5 Å². The van der Waals surface area contributed by atoms with Crippen LogP contribution in [-0.4, -0.2) is 17.6 Å². The van der Waals surface area contributed by atoms with Gasteiger partial charge < -0.3 is 15.8 Å². The number of hydrazine groups is 1. The van der Waals surface area contributed by atoms with Gasteiger partial charge in [-0.25, -0.2) is 10.6 Å². The van der Waals surface area contributed by atoms with Gasteiger partial charge in [-0.15, -0.1) is 0 Å². The number of aliphatic carboxylic acids is 1. The fraction of sp³-hybridized carbons (Fsp3) is 0.167. The van der Waals surface area contributed by atoms with Gasteiger partial charge in [0.15, 0.2) is 0 Å². The smallest absolute Gasteiger partial charge is 0.333 e. The molecule has 0 aromatic carbocycles. The van der Waals surface area contributed by atoms with Crippen LogP contribution in [0.25, 0.3) is 0 Å². The molecule has 5 N–H and O–H groups in total. The molecule has 1 aliphatic rings. The minimum Gasteiger partial charge on any atom is -0.478 e. The van der Waals surface area contributed by atoms with Crippen LogP contribution in [0.1, 0.15) is 0 Å². The zero-order valence-corrected chi connectivity index (χ0v) is 5.79. The molecule has 0 atom stereocenters. The highest BCUT2D eigenvalue weighted by atomic mass is 16.4. The monoisotopic (exact) mass is 155 g/mol. The van der Waals surface area contributed by atoms with Crippen molar-refractivity contribution in [3.8, 4) is 0 Å². The first-order valence-electron chi connectivity index (χ1n) is 3.08. The predicted octanol–water partition coefficient (Wildman–Crippen LogP) is -1.09. The van der Waals surface area contributed by atoms with Gasteiger partial charge in [-0.3, -0.25) is 0 Å². The van der Waals surface area contributed by atoms with Crippen molar-refractivity contribution >= 4 is 5.97 Å². The molecule has 5 heteroatoms. The summed E-state index contributed by atoms with van der Waals surface area (Å²) in [4.78, 5) is 10.4. The van der Waals surface area contributed by atoms with Gasteiger partial charge in [0.2, 0.25) is 0 Å². The number of carboxylic acids is 1. The Balaban J connectivity index is 2.69. The third-order valence-electron chi connectivity index (χ3n) is 1.35. The van der Waals surface area contributed by atoms with Gasteiger partial charge in [-0.2, -0.15) is 0 Å². The molecule has 0 saturated carbocycles. The number of hydrogen-bond acceptors (Lipinski definition) is 4. The number of hydrogen-bond donors (Lipinski definition) is 4. The molecule has 0 spiro atoms. The zero-order valence-electron chi connectivity index (χ0n) is 5.79. The van der Waals surface area contributed by atoms with Gasteiger partial charge >= 0.3 is 5.97 Å². The number of carbonyl (C=O) groups is 1. The molecule has 60 valence electrons. The number of nitrogens with one attached hydrogen (secondary N) is 2. The average Bonchev–Trinajstić information content (AvgIpc) is 2.05. The number of dihydropyridines is 1. The first-order chi connectivity index (χ1) is 5.24. The first-order valence-corrected chi connectivity index (χ1v) is 3.08. The van der Waals surface area contributed by atoms with E-state index < -0.39 is 5.97 Å². The molecule has 1 rings (SSSR count). The van der Waals surface area contributed by atoms with Crippen molar-refractivity contribution in [1.29, 1.82) is 0 Å². The second kappa shape index (κ2) is 3.07. The summed E-state index contributed by atoms with van der Waals surface area (Å²) in [6.45, 7) is 0.297. The third-order valence-corrected chi connectivity index (χ3v) is 1.35. The fourth-order valence-electron chi connectivity index (χ4n) is 0.738.